The molecule has 0 bridgehead atoms. The number of carbonyl (C=O) groups excluding carboxylic acids is 1. The fraction of sp³-hybridized carbons (Fsp3) is 0.174. The molecule has 0 saturated carbocycles. The molecule has 3 aromatic carbocycles. The number of halogens is 4. The molecule has 31 heavy (non-hydrogen) atoms. The quantitative estimate of drug-likeness (QED) is 0.442. The molecule has 1 amide bonds. The van der Waals surface area contributed by atoms with E-state index in [0.29, 0.717) is 34.3 Å². The molecule has 0 unspecified atom stereocenters. The minimum atomic E-state index is -4.43. The second kappa shape index (κ2) is 9.75. The van der Waals surface area contributed by atoms with E-state index >= 15 is 0 Å². The number of benzene rings is 3. The molecule has 0 spiro atoms. The Morgan fingerprint density at radius 2 is 1.65 bits per heavy atom. The summed E-state index contributed by atoms with van der Waals surface area (Å²) >= 11 is 5.87. The van der Waals surface area contributed by atoms with Crippen molar-refractivity contribution in [3.63, 3.8) is 0 Å². The second-order valence-electron chi connectivity index (χ2n) is 6.53. The zero-order valence-corrected chi connectivity index (χ0v) is 17.3. The first-order valence-electron chi connectivity index (χ1n) is 9.39. The van der Waals surface area contributed by atoms with E-state index in [0.717, 1.165) is 12.1 Å². The highest BCUT2D eigenvalue weighted by Gasteiger charge is 2.30. The van der Waals surface area contributed by atoms with Gasteiger partial charge in [-0.05, 0) is 73.7 Å². The number of hydrogen-bond donors (Lipinski definition) is 1. The van der Waals surface area contributed by atoms with Crippen molar-refractivity contribution in [3.05, 3.63) is 88.4 Å². The lowest BCUT2D eigenvalue weighted by Crippen LogP contribution is -2.13. The maximum absolute atomic E-state index is 12.7. The highest BCUT2D eigenvalue weighted by atomic mass is 35.5. The van der Waals surface area contributed by atoms with Gasteiger partial charge in [-0.2, -0.15) is 13.2 Å². The summed E-state index contributed by atoms with van der Waals surface area (Å²) in [5, 5.41) is 3.18. The number of alkyl halides is 3. The summed E-state index contributed by atoms with van der Waals surface area (Å²) in [6.07, 6.45) is -4.43. The first kappa shape index (κ1) is 22.5. The largest absolute Gasteiger partial charge is 0.493 e. The lowest BCUT2D eigenvalue weighted by molar-refractivity contribution is -0.137. The normalized spacial score (nSPS) is 11.1. The topological polar surface area (TPSA) is 47.6 Å². The van der Waals surface area contributed by atoms with Crippen molar-refractivity contribution in [1.82, 2.24) is 0 Å². The predicted octanol–water partition coefficient (Wildman–Crippen LogP) is 6.59. The molecule has 0 aliphatic carbocycles. The Morgan fingerprint density at radius 1 is 0.968 bits per heavy atom. The summed E-state index contributed by atoms with van der Waals surface area (Å²) in [5.41, 5.74) is 0.439. The van der Waals surface area contributed by atoms with Crippen molar-refractivity contribution in [3.8, 4) is 11.5 Å². The van der Waals surface area contributed by atoms with Gasteiger partial charge in [0.15, 0.2) is 0 Å². The molecule has 3 aromatic rings. The van der Waals surface area contributed by atoms with Gasteiger partial charge in [0.25, 0.3) is 5.91 Å². The van der Waals surface area contributed by atoms with Crippen molar-refractivity contribution < 1.29 is 27.4 Å². The zero-order valence-electron chi connectivity index (χ0n) is 16.5. The molecule has 0 aliphatic heterocycles. The van der Waals surface area contributed by atoms with Crippen LogP contribution in [0.3, 0.4) is 0 Å². The van der Waals surface area contributed by atoms with Gasteiger partial charge in [-0.3, -0.25) is 4.79 Å². The third kappa shape index (κ3) is 6.15. The van der Waals surface area contributed by atoms with Gasteiger partial charge in [0.1, 0.15) is 18.1 Å². The fourth-order valence-corrected chi connectivity index (χ4v) is 2.89. The van der Waals surface area contributed by atoms with E-state index in [9.17, 15) is 18.0 Å². The summed E-state index contributed by atoms with van der Waals surface area (Å²) in [7, 11) is 0. The lowest BCUT2D eigenvalue weighted by Gasteiger charge is -2.14. The minimum Gasteiger partial charge on any atom is -0.493 e. The van der Waals surface area contributed by atoms with Crippen molar-refractivity contribution in [2.75, 3.05) is 11.9 Å². The Kier molecular flexibility index (Phi) is 7.07. The highest BCUT2D eigenvalue weighted by Crippen LogP contribution is 2.30. The van der Waals surface area contributed by atoms with Crippen LogP contribution in [-0.2, 0) is 12.8 Å². The first-order chi connectivity index (χ1) is 14.8. The summed E-state index contributed by atoms with van der Waals surface area (Å²) in [4.78, 5) is 12.6. The van der Waals surface area contributed by atoms with E-state index < -0.39 is 17.6 Å². The summed E-state index contributed by atoms with van der Waals surface area (Å²) in [6.45, 7) is 2.43. The van der Waals surface area contributed by atoms with Gasteiger partial charge in [0, 0.05) is 21.8 Å². The maximum atomic E-state index is 12.7. The van der Waals surface area contributed by atoms with Crippen LogP contribution in [0.1, 0.15) is 28.4 Å². The summed E-state index contributed by atoms with van der Waals surface area (Å²) < 4.78 is 49.4. The molecule has 0 aliphatic rings. The van der Waals surface area contributed by atoms with E-state index in [1.54, 1.807) is 42.5 Å². The van der Waals surface area contributed by atoms with Crippen LogP contribution in [0.2, 0.25) is 5.02 Å². The van der Waals surface area contributed by atoms with E-state index in [1.807, 2.05) is 6.92 Å². The Bertz CT molecular complexity index is 1040. The lowest BCUT2D eigenvalue weighted by atomic mass is 10.1. The Hall–Kier alpha value is -3.19. The van der Waals surface area contributed by atoms with Gasteiger partial charge >= 0.3 is 6.18 Å². The molecule has 162 valence electrons. The van der Waals surface area contributed by atoms with Crippen LogP contribution in [0.4, 0.5) is 18.9 Å². The molecular weight excluding hydrogens is 431 g/mol. The van der Waals surface area contributed by atoms with Crippen LogP contribution >= 0.6 is 11.6 Å². The third-order valence-corrected chi connectivity index (χ3v) is 4.55. The van der Waals surface area contributed by atoms with Crippen molar-refractivity contribution >= 4 is 23.2 Å². The minimum absolute atomic E-state index is 0.151. The van der Waals surface area contributed by atoms with Crippen LogP contribution in [0.25, 0.3) is 0 Å². The summed E-state index contributed by atoms with van der Waals surface area (Å²) in [5.74, 6) is 0.713. The number of amides is 1. The number of carbonyl (C=O) groups is 1. The molecule has 4 nitrogen and oxygen atoms in total. The molecule has 0 radical (unpaired) electrons. The third-order valence-electron chi connectivity index (χ3n) is 4.30. The van der Waals surface area contributed by atoms with Crippen molar-refractivity contribution in [1.29, 1.82) is 0 Å². The first-order valence-corrected chi connectivity index (χ1v) is 9.77. The molecule has 0 heterocycles. The summed E-state index contributed by atoms with van der Waals surface area (Å²) in [6, 6.07) is 16.0. The molecule has 3 rings (SSSR count). The molecule has 0 aromatic heterocycles. The van der Waals surface area contributed by atoms with Crippen LogP contribution in [0.15, 0.2) is 66.7 Å². The average Bonchev–Trinajstić information content (AvgIpc) is 2.74. The van der Waals surface area contributed by atoms with Crippen LogP contribution < -0.4 is 14.8 Å². The average molecular weight is 450 g/mol. The SMILES string of the molecule is CCOc1ccc(C(=O)Nc2ccc(C(F)(F)F)cc2)cc1COc1ccc(Cl)cc1. The number of hydrogen-bond acceptors (Lipinski definition) is 3. The monoisotopic (exact) mass is 449 g/mol. The molecule has 1 N–H and O–H groups in total. The van der Waals surface area contributed by atoms with Crippen molar-refractivity contribution in [2.24, 2.45) is 0 Å². The molecule has 0 saturated heterocycles. The number of nitrogens with one attached hydrogen (secondary N) is 1. The van der Waals surface area contributed by atoms with Crippen molar-refractivity contribution in [2.45, 2.75) is 19.7 Å². The Labute approximate surface area is 182 Å². The highest BCUT2D eigenvalue weighted by molar-refractivity contribution is 6.30. The Morgan fingerprint density at radius 3 is 2.26 bits per heavy atom. The standard InChI is InChI=1S/C23H19ClF3NO3/c1-2-30-21-12-3-15(13-16(21)14-31-20-10-6-18(24)7-11-20)22(29)28-19-8-4-17(5-9-19)23(25,26)27/h3-13H,2,14H2,1H3,(H,28,29). The molecule has 8 heteroatoms. The van der Waals surface area contributed by atoms with Gasteiger partial charge < -0.3 is 14.8 Å². The number of anilines is 1. The van der Waals surface area contributed by atoms with E-state index in [4.69, 9.17) is 21.1 Å². The number of ether oxygens (including phenoxy) is 2. The second-order valence-corrected chi connectivity index (χ2v) is 6.96. The molecular formula is C23H19ClF3NO3. The smallest absolute Gasteiger partial charge is 0.416 e. The van der Waals surface area contributed by atoms with Crippen LogP contribution in [0, 0.1) is 0 Å². The van der Waals surface area contributed by atoms with Gasteiger partial charge in [0.05, 0.1) is 12.2 Å². The van der Waals surface area contributed by atoms with Gasteiger partial charge in [-0.1, -0.05) is 11.6 Å². The molecule has 0 fully saturated rings. The maximum Gasteiger partial charge on any atom is 0.416 e. The van der Waals surface area contributed by atoms with Crippen LogP contribution in [0.5, 0.6) is 11.5 Å². The van der Waals surface area contributed by atoms with E-state index in [1.165, 1.54) is 12.1 Å². The van der Waals surface area contributed by atoms with Gasteiger partial charge in [-0.15, -0.1) is 0 Å². The van der Waals surface area contributed by atoms with Crippen LogP contribution in [-0.4, -0.2) is 12.5 Å². The van der Waals surface area contributed by atoms with Gasteiger partial charge in [-0.25, -0.2) is 0 Å². The predicted molar refractivity (Wildman–Crippen MR) is 113 cm³/mol. The molecule has 0 atom stereocenters. The fourth-order valence-electron chi connectivity index (χ4n) is 2.77. The Balaban J connectivity index is 1.75. The van der Waals surface area contributed by atoms with E-state index in [-0.39, 0.29) is 12.3 Å². The number of rotatable bonds is 7. The zero-order chi connectivity index (χ0) is 22.4. The van der Waals surface area contributed by atoms with E-state index in [2.05, 4.69) is 5.32 Å². The van der Waals surface area contributed by atoms with Gasteiger partial charge in [0.2, 0.25) is 0 Å².